The van der Waals surface area contributed by atoms with E-state index in [2.05, 4.69) is 4.98 Å². The van der Waals surface area contributed by atoms with Gasteiger partial charge in [-0.1, -0.05) is 0 Å². The summed E-state index contributed by atoms with van der Waals surface area (Å²) in [6.45, 7) is 3.12. The van der Waals surface area contributed by atoms with Gasteiger partial charge in [-0.15, -0.1) is 0 Å². The Balaban J connectivity index is 3.02. The Hall–Kier alpha value is -1.23. The molecule has 0 aliphatic carbocycles. The van der Waals surface area contributed by atoms with Crippen LogP contribution >= 0.6 is 12.2 Å². The van der Waals surface area contributed by atoms with Crippen LogP contribution in [0, 0.1) is 11.7 Å². The second-order valence-corrected chi connectivity index (χ2v) is 2.63. The largest absolute Gasteiger partial charge is 0.335 e. The van der Waals surface area contributed by atoms with Gasteiger partial charge in [0.2, 0.25) is 4.77 Å². The molecule has 5 heteroatoms. The van der Waals surface area contributed by atoms with Gasteiger partial charge in [0.1, 0.15) is 0 Å². The minimum atomic E-state index is -0.420. The van der Waals surface area contributed by atoms with Crippen LogP contribution in [0.15, 0.2) is 12.3 Å². The highest BCUT2D eigenvalue weighted by Crippen LogP contribution is 1.92. The fourth-order valence-electron chi connectivity index (χ4n) is 0.685. The van der Waals surface area contributed by atoms with Crippen molar-refractivity contribution in [3.63, 3.8) is 0 Å². The van der Waals surface area contributed by atoms with Gasteiger partial charge in [0, 0.05) is 18.8 Å². The zero-order valence-electron chi connectivity index (χ0n) is 6.77. The van der Waals surface area contributed by atoms with Crippen molar-refractivity contribution in [3.8, 4) is 0 Å². The van der Waals surface area contributed by atoms with Gasteiger partial charge in [0.15, 0.2) is 0 Å². The number of aromatic nitrogens is 2. The van der Waals surface area contributed by atoms with Crippen LogP contribution in [0.1, 0.15) is 12.6 Å². The Morgan fingerprint density at radius 2 is 2.42 bits per heavy atom. The molecule has 1 aromatic rings. The van der Waals surface area contributed by atoms with Crippen LogP contribution in [0.4, 0.5) is 0 Å². The maximum atomic E-state index is 10.5. The van der Waals surface area contributed by atoms with Gasteiger partial charge in [0.25, 0.3) is 0 Å². The lowest BCUT2D eigenvalue weighted by molar-refractivity contribution is -0.141. The highest BCUT2D eigenvalue weighted by Gasteiger charge is 1.96. The smallest absolute Gasteiger partial charge is 0.329 e. The Morgan fingerprint density at radius 1 is 1.75 bits per heavy atom. The first kappa shape index (κ1) is 8.86. The first-order valence-electron chi connectivity index (χ1n) is 3.35. The van der Waals surface area contributed by atoms with Gasteiger partial charge in [-0.25, -0.2) is 9.78 Å². The van der Waals surface area contributed by atoms with Gasteiger partial charge >= 0.3 is 5.97 Å². The van der Waals surface area contributed by atoms with Gasteiger partial charge < -0.3 is 4.84 Å². The molecule has 1 aromatic heterocycles. The lowest BCUT2D eigenvalue weighted by atomic mass is 10.5. The number of hydrogen-bond acceptors (Lipinski definition) is 4. The van der Waals surface area contributed by atoms with Crippen LogP contribution in [-0.4, -0.2) is 15.7 Å². The molecule has 0 radical (unpaired) electrons. The second kappa shape index (κ2) is 3.44. The lowest BCUT2D eigenvalue weighted by Crippen LogP contribution is -2.18. The van der Waals surface area contributed by atoms with E-state index in [1.165, 1.54) is 6.92 Å². The molecule has 0 bridgehead atoms. The summed E-state index contributed by atoms with van der Waals surface area (Å²) >= 11 is 4.83. The van der Waals surface area contributed by atoms with Crippen LogP contribution in [0.5, 0.6) is 0 Å². The number of carbonyl (C=O) groups excluding carboxylic acids is 1. The second-order valence-electron chi connectivity index (χ2n) is 2.26. The molecule has 64 valence electrons. The van der Waals surface area contributed by atoms with Crippen molar-refractivity contribution in [1.29, 1.82) is 0 Å². The summed E-state index contributed by atoms with van der Waals surface area (Å²) in [6, 6.07) is 1.71. The summed E-state index contributed by atoms with van der Waals surface area (Å²) in [7, 11) is 0. The van der Waals surface area contributed by atoms with E-state index in [0.717, 1.165) is 10.4 Å². The predicted molar refractivity (Wildman–Crippen MR) is 45.1 cm³/mol. The average molecular weight is 184 g/mol. The van der Waals surface area contributed by atoms with Crippen LogP contribution in [0.2, 0.25) is 0 Å². The SMILES string of the molecule is CC(=O)On1ccc(C)nc1=S. The van der Waals surface area contributed by atoms with E-state index < -0.39 is 5.97 Å². The van der Waals surface area contributed by atoms with Gasteiger partial charge in [-0.2, -0.15) is 4.73 Å². The molecule has 0 aromatic carbocycles. The summed E-state index contributed by atoms with van der Waals surface area (Å²) in [4.78, 5) is 19.2. The third-order valence-electron chi connectivity index (χ3n) is 1.14. The summed E-state index contributed by atoms with van der Waals surface area (Å²) in [5, 5.41) is 0. The predicted octanol–water partition coefficient (Wildman–Crippen LogP) is 0.896. The highest BCUT2D eigenvalue weighted by molar-refractivity contribution is 7.71. The van der Waals surface area contributed by atoms with Crippen molar-refractivity contribution >= 4 is 18.2 Å². The monoisotopic (exact) mass is 184 g/mol. The maximum absolute atomic E-state index is 10.5. The molecule has 0 N–H and O–H groups in total. The third-order valence-corrected chi connectivity index (χ3v) is 1.41. The van der Waals surface area contributed by atoms with Crippen molar-refractivity contribution in [2.24, 2.45) is 0 Å². The molecule has 0 saturated carbocycles. The van der Waals surface area contributed by atoms with E-state index in [0.29, 0.717) is 0 Å². The van der Waals surface area contributed by atoms with E-state index in [1.807, 2.05) is 6.92 Å². The molecule has 0 spiro atoms. The molecule has 4 nitrogen and oxygen atoms in total. The summed E-state index contributed by atoms with van der Waals surface area (Å²) in [5.74, 6) is -0.420. The Labute approximate surface area is 74.8 Å². The summed E-state index contributed by atoms with van der Waals surface area (Å²) < 4.78 is 1.40. The molecule has 0 amide bonds. The standard InChI is InChI=1S/C7H8N2O2S/c1-5-3-4-9(7(12)8-5)11-6(2)10/h3-4H,1-2H3. The molecule has 1 heterocycles. The first-order valence-corrected chi connectivity index (χ1v) is 3.75. The van der Waals surface area contributed by atoms with E-state index in [1.54, 1.807) is 12.3 Å². The molecule has 12 heavy (non-hydrogen) atoms. The van der Waals surface area contributed by atoms with Crippen molar-refractivity contribution < 1.29 is 9.63 Å². The van der Waals surface area contributed by atoms with Gasteiger partial charge in [-0.3, -0.25) is 0 Å². The van der Waals surface area contributed by atoms with E-state index in [9.17, 15) is 4.79 Å². The molecular formula is C7H8N2O2S. The number of hydrogen-bond donors (Lipinski definition) is 0. The van der Waals surface area contributed by atoms with Crippen molar-refractivity contribution in [3.05, 3.63) is 22.7 Å². The maximum Gasteiger partial charge on any atom is 0.329 e. The Bertz CT molecular complexity index is 359. The number of rotatable bonds is 1. The molecule has 0 aliphatic rings. The molecule has 1 rings (SSSR count). The van der Waals surface area contributed by atoms with Crippen molar-refractivity contribution in [1.82, 2.24) is 9.71 Å². The van der Waals surface area contributed by atoms with E-state index in [-0.39, 0.29) is 4.77 Å². The number of nitrogens with zero attached hydrogens (tertiary/aromatic N) is 2. The van der Waals surface area contributed by atoms with Crippen LogP contribution in [0.3, 0.4) is 0 Å². The average Bonchev–Trinajstić information content (AvgIpc) is 1.94. The number of carbonyl (C=O) groups is 1. The first-order chi connectivity index (χ1) is 5.59. The molecule has 0 fully saturated rings. The molecule has 0 aliphatic heterocycles. The zero-order chi connectivity index (χ0) is 9.14. The fraction of sp³-hybridized carbons (Fsp3) is 0.286. The minimum Gasteiger partial charge on any atom is -0.335 e. The molecular weight excluding hydrogens is 176 g/mol. The quantitative estimate of drug-likeness (QED) is 0.608. The number of aryl methyl sites for hydroxylation is 1. The Kier molecular flexibility index (Phi) is 2.54. The van der Waals surface area contributed by atoms with Crippen LogP contribution < -0.4 is 4.84 Å². The van der Waals surface area contributed by atoms with Gasteiger partial charge in [-0.05, 0) is 25.2 Å². The summed E-state index contributed by atoms with van der Waals surface area (Å²) in [6.07, 6.45) is 1.56. The molecule has 0 saturated heterocycles. The lowest BCUT2D eigenvalue weighted by Gasteiger charge is -2.03. The minimum absolute atomic E-state index is 0.241. The molecule has 0 unspecified atom stereocenters. The van der Waals surface area contributed by atoms with Crippen molar-refractivity contribution in [2.45, 2.75) is 13.8 Å². The topological polar surface area (TPSA) is 44.1 Å². The van der Waals surface area contributed by atoms with Crippen molar-refractivity contribution in [2.75, 3.05) is 0 Å². The fourth-order valence-corrected chi connectivity index (χ4v) is 0.927. The van der Waals surface area contributed by atoms with E-state index >= 15 is 0 Å². The van der Waals surface area contributed by atoms with E-state index in [4.69, 9.17) is 17.1 Å². The van der Waals surface area contributed by atoms with Crippen LogP contribution in [0.25, 0.3) is 0 Å². The summed E-state index contributed by atoms with van der Waals surface area (Å²) in [5.41, 5.74) is 0.795. The highest BCUT2D eigenvalue weighted by atomic mass is 32.1. The van der Waals surface area contributed by atoms with Gasteiger partial charge in [0.05, 0.1) is 0 Å². The van der Waals surface area contributed by atoms with Crippen LogP contribution in [-0.2, 0) is 4.79 Å². The normalized spacial score (nSPS) is 9.50. The Morgan fingerprint density at radius 3 is 2.92 bits per heavy atom. The zero-order valence-corrected chi connectivity index (χ0v) is 7.59. The third kappa shape index (κ3) is 2.13. The molecule has 0 atom stereocenters.